The van der Waals surface area contributed by atoms with Gasteiger partial charge in [0.25, 0.3) is 0 Å². The van der Waals surface area contributed by atoms with E-state index in [0.29, 0.717) is 10.8 Å². The summed E-state index contributed by atoms with van der Waals surface area (Å²) in [5.41, 5.74) is 5.25. The van der Waals surface area contributed by atoms with Crippen molar-refractivity contribution in [3.8, 4) is 0 Å². The maximum absolute atomic E-state index is 10.3. The van der Waals surface area contributed by atoms with Gasteiger partial charge in [-0.05, 0) is 0 Å². The molecule has 66 valence electrons. The lowest BCUT2D eigenvalue weighted by Gasteiger charge is -2.02. The number of rotatable bonds is 4. The second-order valence-corrected chi connectivity index (χ2v) is 3.10. The number of H-pyrrole nitrogens is 1. The fourth-order valence-corrected chi connectivity index (χ4v) is 1.23. The zero-order valence-corrected chi connectivity index (χ0v) is 6.91. The third-order valence-electron chi connectivity index (χ3n) is 1.12. The average Bonchev–Trinajstić information content (AvgIpc) is 2.51. The van der Waals surface area contributed by atoms with Gasteiger partial charge in [0.05, 0.1) is 6.20 Å². The van der Waals surface area contributed by atoms with Gasteiger partial charge in [0, 0.05) is 5.75 Å². The molecule has 0 aliphatic carbocycles. The Morgan fingerprint density at radius 3 is 3.17 bits per heavy atom. The number of carbonyl (C=O) groups is 1. The summed E-state index contributed by atoms with van der Waals surface area (Å²) < 4.78 is 0. The minimum atomic E-state index is -1.01. The Hall–Kier alpha value is -1.08. The van der Waals surface area contributed by atoms with Gasteiger partial charge in [0.15, 0.2) is 0 Å². The molecular weight excluding hydrogens is 180 g/mol. The van der Waals surface area contributed by atoms with Crippen molar-refractivity contribution in [3.05, 3.63) is 6.20 Å². The van der Waals surface area contributed by atoms with Gasteiger partial charge in [0.2, 0.25) is 0 Å². The first kappa shape index (κ1) is 9.01. The molecule has 0 bridgehead atoms. The molecule has 4 N–H and O–H groups in total. The molecule has 1 atom stereocenters. The van der Waals surface area contributed by atoms with Crippen LogP contribution in [0.25, 0.3) is 0 Å². The van der Waals surface area contributed by atoms with Crippen LogP contribution in [0.3, 0.4) is 0 Å². The largest absolute Gasteiger partial charge is 0.480 e. The summed E-state index contributed by atoms with van der Waals surface area (Å²) in [4.78, 5) is 10.3. The molecule has 0 saturated heterocycles. The van der Waals surface area contributed by atoms with Crippen LogP contribution in [0.4, 0.5) is 0 Å². The van der Waals surface area contributed by atoms with Crippen molar-refractivity contribution in [2.45, 2.75) is 11.1 Å². The monoisotopic (exact) mass is 188 g/mol. The molecule has 7 heteroatoms. The number of nitrogens with two attached hydrogens (primary N) is 1. The molecule has 12 heavy (non-hydrogen) atoms. The maximum atomic E-state index is 10.3. The molecule has 0 saturated carbocycles. The van der Waals surface area contributed by atoms with Gasteiger partial charge in [-0.2, -0.15) is 10.3 Å². The number of nitrogens with one attached hydrogen (secondary N) is 1. The van der Waals surface area contributed by atoms with E-state index >= 15 is 0 Å². The van der Waals surface area contributed by atoms with Crippen molar-refractivity contribution < 1.29 is 9.90 Å². The number of aromatic amines is 1. The molecule has 0 aliphatic rings. The molecule has 0 aliphatic heterocycles. The molecule has 6 nitrogen and oxygen atoms in total. The Morgan fingerprint density at radius 2 is 2.67 bits per heavy atom. The van der Waals surface area contributed by atoms with Crippen LogP contribution in [0.1, 0.15) is 0 Å². The van der Waals surface area contributed by atoms with Crippen LogP contribution in [0.5, 0.6) is 0 Å². The van der Waals surface area contributed by atoms with Crippen LogP contribution in [0.2, 0.25) is 0 Å². The lowest BCUT2D eigenvalue weighted by Crippen LogP contribution is -2.32. The van der Waals surface area contributed by atoms with Gasteiger partial charge >= 0.3 is 5.97 Å². The van der Waals surface area contributed by atoms with Crippen LogP contribution in [-0.4, -0.2) is 38.3 Å². The van der Waals surface area contributed by atoms with Gasteiger partial charge in [-0.3, -0.25) is 4.79 Å². The number of hydrogen-bond acceptors (Lipinski definition) is 5. The van der Waals surface area contributed by atoms with Crippen LogP contribution < -0.4 is 5.73 Å². The highest BCUT2D eigenvalue weighted by molar-refractivity contribution is 7.99. The molecule has 0 fully saturated rings. The normalized spacial score (nSPS) is 12.8. The smallest absolute Gasteiger partial charge is 0.321 e. The van der Waals surface area contributed by atoms with Crippen LogP contribution in [0, 0.1) is 0 Å². The maximum Gasteiger partial charge on any atom is 0.321 e. The summed E-state index contributed by atoms with van der Waals surface area (Å²) in [6.45, 7) is 0. The number of hydrogen-bond donors (Lipinski definition) is 3. The van der Waals surface area contributed by atoms with Crippen molar-refractivity contribution in [2.75, 3.05) is 5.75 Å². The highest BCUT2D eigenvalue weighted by atomic mass is 32.2. The molecule has 0 amide bonds. The van der Waals surface area contributed by atoms with Gasteiger partial charge in [0.1, 0.15) is 11.1 Å². The van der Waals surface area contributed by atoms with Crippen LogP contribution >= 0.6 is 11.8 Å². The summed E-state index contributed by atoms with van der Waals surface area (Å²) in [5.74, 6) is -0.715. The first-order valence-corrected chi connectivity index (χ1v) is 4.15. The van der Waals surface area contributed by atoms with Gasteiger partial charge in [-0.25, -0.2) is 0 Å². The first-order valence-electron chi connectivity index (χ1n) is 3.17. The third kappa shape index (κ3) is 2.51. The Labute approximate surface area is 72.5 Å². The quantitative estimate of drug-likeness (QED) is 0.540. The van der Waals surface area contributed by atoms with Gasteiger partial charge < -0.3 is 10.8 Å². The van der Waals surface area contributed by atoms with Crippen LogP contribution in [0.15, 0.2) is 11.2 Å². The molecule has 0 unspecified atom stereocenters. The molecule has 0 aromatic carbocycles. The van der Waals surface area contributed by atoms with Gasteiger partial charge in [-0.15, -0.1) is 16.9 Å². The molecule has 1 aromatic heterocycles. The zero-order chi connectivity index (χ0) is 8.97. The van der Waals surface area contributed by atoms with E-state index < -0.39 is 12.0 Å². The van der Waals surface area contributed by atoms with Gasteiger partial charge in [-0.1, -0.05) is 0 Å². The summed E-state index contributed by atoms with van der Waals surface area (Å²) in [6, 6.07) is -0.855. The van der Waals surface area contributed by atoms with E-state index in [4.69, 9.17) is 10.8 Å². The fraction of sp³-hybridized carbons (Fsp3) is 0.400. The number of aliphatic carboxylic acids is 1. The van der Waals surface area contributed by atoms with Crippen molar-refractivity contribution in [2.24, 2.45) is 5.73 Å². The minimum Gasteiger partial charge on any atom is -0.480 e. The number of aromatic nitrogens is 3. The lowest BCUT2D eigenvalue weighted by molar-refractivity contribution is -0.137. The molecule has 0 spiro atoms. The van der Waals surface area contributed by atoms with Crippen LogP contribution in [-0.2, 0) is 4.79 Å². The lowest BCUT2D eigenvalue weighted by atomic mass is 10.4. The highest BCUT2D eigenvalue weighted by Gasteiger charge is 2.11. The summed E-state index contributed by atoms with van der Waals surface area (Å²) in [6.07, 6.45) is 1.51. The van der Waals surface area contributed by atoms with E-state index in [0.717, 1.165) is 0 Å². The third-order valence-corrected chi connectivity index (χ3v) is 2.14. The van der Waals surface area contributed by atoms with E-state index in [1.54, 1.807) is 0 Å². The summed E-state index contributed by atoms with van der Waals surface area (Å²) in [5, 5.41) is 18.8. The second kappa shape index (κ2) is 4.07. The van der Waals surface area contributed by atoms with Crippen molar-refractivity contribution in [3.63, 3.8) is 0 Å². The SMILES string of the molecule is N[C@H](CSc1cn[nH]n1)C(=O)O. The van der Waals surface area contributed by atoms with E-state index in [1.807, 2.05) is 0 Å². The number of carboxylic acids is 1. The molecule has 1 rings (SSSR count). The van der Waals surface area contributed by atoms with Crippen molar-refractivity contribution in [1.82, 2.24) is 15.4 Å². The number of carboxylic acid groups (broad SMARTS) is 1. The van der Waals surface area contributed by atoms with E-state index in [2.05, 4.69) is 15.4 Å². The molecule has 1 heterocycles. The Kier molecular flexibility index (Phi) is 3.06. The second-order valence-electron chi connectivity index (χ2n) is 2.06. The number of nitrogens with zero attached hydrogens (tertiary/aromatic N) is 2. The minimum absolute atomic E-state index is 0.294. The van der Waals surface area contributed by atoms with E-state index in [1.165, 1.54) is 18.0 Å². The Morgan fingerprint density at radius 1 is 1.92 bits per heavy atom. The fourth-order valence-electron chi connectivity index (χ4n) is 0.507. The first-order chi connectivity index (χ1) is 5.70. The summed E-state index contributed by atoms with van der Waals surface area (Å²) in [7, 11) is 0. The predicted molar refractivity (Wildman–Crippen MR) is 42.7 cm³/mol. The standard InChI is InChI=1S/C5H8N4O2S/c6-3(5(10)11)2-12-4-1-7-9-8-4/h1,3H,2,6H2,(H,10,11)(H,7,8,9)/t3-/m1/s1. The Balaban J connectivity index is 2.31. The number of thioether (sulfide) groups is 1. The highest BCUT2D eigenvalue weighted by Crippen LogP contribution is 2.12. The average molecular weight is 188 g/mol. The Bertz CT molecular complexity index is 250. The molecule has 1 aromatic rings. The predicted octanol–water partition coefficient (Wildman–Crippen LogP) is -0.691. The zero-order valence-electron chi connectivity index (χ0n) is 6.10. The van der Waals surface area contributed by atoms with Crippen molar-refractivity contribution >= 4 is 17.7 Å². The molecular formula is C5H8N4O2S. The van der Waals surface area contributed by atoms with Crippen molar-refractivity contribution in [1.29, 1.82) is 0 Å². The van der Waals surface area contributed by atoms with E-state index in [9.17, 15) is 4.79 Å². The topological polar surface area (TPSA) is 105 Å². The summed E-state index contributed by atoms with van der Waals surface area (Å²) >= 11 is 1.25. The molecule has 0 radical (unpaired) electrons. The van der Waals surface area contributed by atoms with E-state index in [-0.39, 0.29) is 0 Å².